The molecule has 0 spiro atoms. The van der Waals surface area contributed by atoms with Gasteiger partial charge in [-0.3, -0.25) is 19.7 Å². The van der Waals surface area contributed by atoms with Crippen molar-refractivity contribution in [2.75, 3.05) is 14.2 Å². The van der Waals surface area contributed by atoms with E-state index in [1.165, 1.54) is 31.4 Å². The van der Waals surface area contributed by atoms with Gasteiger partial charge in [-0.1, -0.05) is 72.8 Å². The van der Waals surface area contributed by atoms with Crippen molar-refractivity contribution < 1.29 is 38.3 Å². The molecule has 0 fully saturated rings. The normalized spacial score (nSPS) is 12.6. The van der Waals surface area contributed by atoms with Gasteiger partial charge in [0.05, 0.1) is 25.6 Å². The van der Waals surface area contributed by atoms with Gasteiger partial charge in [0.25, 0.3) is 5.69 Å². The number of non-ortho nitro benzene ring substituents is 1. The molecule has 0 aliphatic heterocycles. The summed E-state index contributed by atoms with van der Waals surface area (Å²) in [6, 6.07) is 20.5. The zero-order valence-electron chi connectivity index (χ0n) is 23.1. The summed E-state index contributed by atoms with van der Waals surface area (Å²) in [5.74, 6) is -3.33. The SMILES string of the molecule is COC(=O)C[C@@H](c1ccc([N+](=O)[O-])cc1)[C@H](NC(=O)[C@H](Cc1ccccc1)NC(=O)OCc1ccccc1)C(=O)OC. The van der Waals surface area contributed by atoms with E-state index in [0.717, 1.165) is 18.2 Å². The first-order valence-electron chi connectivity index (χ1n) is 12.9. The predicted octanol–water partition coefficient (Wildman–Crippen LogP) is 3.44. The van der Waals surface area contributed by atoms with Crippen molar-refractivity contribution >= 4 is 29.6 Å². The highest BCUT2D eigenvalue weighted by atomic mass is 16.6. The fourth-order valence-corrected chi connectivity index (χ4v) is 4.20. The van der Waals surface area contributed by atoms with E-state index >= 15 is 0 Å². The molecule has 0 unspecified atom stereocenters. The second-order valence-corrected chi connectivity index (χ2v) is 9.19. The Kier molecular flexibility index (Phi) is 11.5. The molecule has 3 aromatic rings. The van der Waals surface area contributed by atoms with E-state index in [2.05, 4.69) is 10.6 Å². The highest BCUT2D eigenvalue weighted by Gasteiger charge is 2.36. The number of ether oxygens (including phenoxy) is 3. The highest BCUT2D eigenvalue weighted by Crippen LogP contribution is 2.27. The predicted molar refractivity (Wildman–Crippen MR) is 150 cm³/mol. The van der Waals surface area contributed by atoms with Crippen LogP contribution in [0.1, 0.15) is 29.0 Å². The van der Waals surface area contributed by atoms with Crippen LogP contribution in [0.15, 0.2) is 84.9 Å². The van der Waals surface area contributed by atoms with E-state index in [-0.39, 0.29) is 25.1 Å². The molecule has 0 saturated carbocycles. The van der Waals surface area contributed by atoms with Crippen molar-refractivity contribution in [3.8, 4) is 0 Å². The van der Waals surface area contributed by atoms with Crippen molar-refractivity contribution in [1.29, 1.82) is 0 Å². The molecule has 12 nitrogen and oxygen atoms in total. The Hall–Kier alpha value is -5.26. The molecule has 3 rings (SSSR count). The van der Waals surface area contributed by atoms with E-state index in [1.54, 1.807) is 54.6 Å². The number of carbonyl (C=O) groups is 4. The lowest BCUT2D eigenvalue weighted by Gasteiger charge is -2.28. The van der Waals surface area contributed by atoms with Gasteiger partial charge in [0.2, 0.25) is 5.91 Å². The summed E-state index contributed by atoms with van der Waals surface area (Å²) >= 11 is 0. The third-order valence-electron chi connectivity index (χ3n) is 6.41. The number of rotatable bonds is 13. The smallest absolute Gasteiger partial charge is 0.408 e. The molecule has 0 radical (unpaired) electrons. The van der Waals surface area contributed by atoms with Crippen LogP contribution in [0.5, 0.6) is 0 Å². The Morgan fingerprint density at radius 1 is 0.810 bits per heavy atom. The summed E-state index contributed by atoms with van der Waals surface area (Å²) < 4.78 is 15.0. The minimum atomic E-state index is -1.41. The molecule has 3 aromatic carbocycles. The number of amides is 2. The number of esters is 2. The van der Waals surface area contributed by atoms with Gasteiger partial charge in [-0.2, -0.15) is 0 Å². The number of nitrogens with zero attached hydrogens (tertiary/aromatic N) is 1. The van der Waals surface area contributed by atoms with Crippen LogP contribution in [0, 0.1) is 10.1 Å². The monoisotopic (exact) mass is 577 g/mol. The van der Waals surface area contributed by atoms with Crippen LogP contribution >= 0.6 is 0 Å². The Balaban J connectivity index is 1.88. The molecular formula is C30H31N3O9. The maximum Gasteiger partial charge on any atom is 0.408 e. The van der Waals surface area contributed by atoms with Crippen LogP contribution in [-0.4, -0.2) is 55.2 Å². The number of benzene rings is 3. The zero-order chi connectivity index (χ0) is 30.5. The van der Waals surface area contributed by atoms with E-state index in [0.29, 0.717) is 5.56 Å². The van der Waals surface area contributed by atoms with Crippen molar-refractivity contribution in [1.82, 2.24) is 10.6 Å². The van der Waals surface area contributed by atoms with Gasteiger partial charge in [0, 0.05) is 24.5 Å². The molecule has 0 bridgehead atoms. The minimum Gasteiger partial charge on any atom is -0.469 e. The Morgan fingerprint density at radius 2 is 1.40 bits per heavy atom. The number of nitro groups is 1. The van der Waals surface area contributed by atoms with Crippen LogP contribution in [0.3, 0.4) is 0 Å². The van der Waals surface area contributed by atoms with Crippen LogP contribution in [0.2, 0.25) is 0 Å². The third kappa shape index (κ3) is 9.15. The van der Waals surface area contributed by atoms with Crippen molar-refractivity contribution in [3.05, 3.63) is 112 Å². The lowest BCUT2D eigenvalue weighted by atomic mass is 9.87. The molecule has 0 heterocycles. The van der Waals surface area contributed by atoms with Gasteiger partial charge in [-0.25, -0.2) is 9.59 Å². The van der Waals surface area contributed by atoms with E-state index < -0.39 is 46.9 Å². The largest absolute Gasteiger partial charge is 0.469 e. The molecule has 0 aromatic heterocycles. The maximum atomic E-state index is 13.6. The second-order valence-electron chi connectivity index (χ2n) is 9.19. The molecule has 0 aliphatic rings. The van der Waals surface area contributed by atoms with E-state index in [1.807, 2.05) is 6.07 Å². The second kappa shape index (κ2) is 15.5. The topological polar surface area (TPSA) is 163 Å². The van der Waals surface area contributed by atoms with Gasteiger partial charge >= 0.3 is 18.0 Å². The van der Waals surface area contributed by atoms with Crippen LogP contribution in [-0.2, 0) is 41.6 Å². The molecule has 0 aliphatic carbocycles. The molecule has 42 heavy (non-hydrogen) atoms. The average molecular weight is 578 g/mol. The van der Waals surface area contributed by atoms with Crippen LogP contribution in [0.25, 0.3) is 0 Å². The number of hydrogen-bond donors (Lipinski definition) is 2. The Morgan fingerprint density at radius 3 is 1.95 bits per heavy atom. The van der Waals surface area contributed by atoms with Crippen molar-refractivity contribution in [2.24, 2.45) is 0 Å². The maximum absolute atomic E-state index is 13.6. The third-order valence-corrected chi connectivity index (χ3v) is 6.41. The first-order chi connectivity index (χ1) is 20.2. The number of alkyl carbamates (subject to hydrolysis) is 1. The van der Waals surface area contributed by atoms with Crippen LogP contribution < -0.4 is 10.6 Å². The quantitative estimate of drug-likeness (QED) is 0.134. The summed E-state index contributed by atoms with van der Waals surface area (Å²) in [5.41, 5.74) is 1.61. The summed E-state index contributed by atoms with van der Waals surface area (Å²) in [4.78, 5) is 62.2. The van der Waals surface area contributed by atoms with Gasteiger partial charge < -0.3 is 24.8 Å². The Labute approximate surface area is 242 Å². The van der Waals surface area contributed by atoms with Crippen molar-refractivity contribution in [3.63, 3.8) is 0 Å². The number of hydrogen-bond acceptors (Lipinski definition) is 9. The van der Waals surface area contributed by atoms with Crippen molar-refractivity contribution in [2.45, 2.75) is 37.5 Å². The fourth-order valence-electron chi connectivity index (χ4n) is 4.20. The molecule has 12 heteroatoms. The highest BCUT2D eigenvalue weighted by molar-refractivity contribution is 5.90. The van der Waals surface area contributed by atoms with Gasteiger partial charge in [-0.15, -0.1) is 0 Å². The first kappa shape index (κ1) is 31.3. The molecule has 2 N–H and O–H groups in total. The van der Waals surface area contributed by atoms with Gasteiger partial charge in [-0.05, 0) is 16.7 Å². The van der Waals surface area contributed by atoms with Crippen LogP contribution in [0.4, 0.5) is 10.5 Å². The van der Waals surface area contributed by atoms with Gasteiger partial charge in [0.1, 0.15) is 18.7 Å². The Bertz CT molecular complexity index is 1370. The number of nitrogens with one attached hydrogen (secondary N) is 2. The summed E-state index contributed by atoms with van der Waals surface area (Å²) in [5, 5.41) is 16.3. The number of nitro benzene ring substituents is 1. The lowest BCUT2D eigenvalue weighted by molar-refractivity contribution is -0.384. The zero-order valence-corrected chi connectivity index (χ0v) is 23.1. The molecule has 2 amide bonds. The first-order valence-corrected chi connectivity index (χ1v) is 12.9. The summed E-state index contributed by atoms with van der Waals surface area (Å²) in [6.45, 7) is -0.0293. The van der Waals surface area contributed by atoms with E-state index in [9.17, 15) is 29.3 Å². The molecule has 220 valence electrons. The standard InChI is InChI=1S/C30H31N3O9/c1-40-26(34)18-24(22-13-15-23(16-14-22)33(38)39)27(29(36)41-2)32-28(35)25(17-20-9-5-3-6-10-20)31-30(37)42-19-21-11-7-4-8-12-21/h3-16,24-25,27H,17-19H2,1-2H3,(H,31,37)(H,32,35)/t24-,25-,27-/m0/s1. The average Bonchev–Trinajstić information content (AvgIpc) is 3.01. The van der Waals surface area contributed by atoms with E-state index in [4.69, 9.17) is 14.2 Å². The minimum absolute atomic E-state index is 0.0293. The molecular weight excluding hydrogens is 546 g/mol. The number of carbonyl (C=O) groups excluding carboxylic acids is 4. The van der Waals surface area contributed by atoms with Gasteiger partial charge in [0.15, 0.2) is 0 Å². The molecule has 3 atom stereocenters. The number of methoxy groups -OCH3 is 2. The summed E-state index contributed by atoms with van der Waals surface area (Å²) in [7, 11) is 2.29. The fraction of sp³-hybridized carbons (Fsp3) is 0.267. The molecule has 0 saturated heterocycles. The lowest BCUT2D eigenvalue weighted by Crippen LogP contribution is -2.54. The summed E-state index contributed by atoms with van der Waals surface area (Å²) in [6.07, 6.45) is -1.16.